The van der Waals surface area contributed by atoms with E-state index in [4.69, 9.17) is 9.47 Å². The summed E-state index contributed by atoms with van der Waals surface area (Å²) in [4.78, 5) is 44.2. The van der Waals surface area contributed by atoms with Gasteiger partial charge in [-0.15, -0.1) is 0 Å². The first kappa shape index (κ1) is 28.8. The van der Waals surface area contributed by atoms with Crippen LogP contribution in [0.2, 0.25) is 0 Å². The number of aromatic nitrogens is 1. The molecule has 1 amide bonds. The van der Waals surface area contributed by atoms with Crippen molar-refractivity contribution in [1.29, 1.82) is 0 Å². The molecule has 1 N–H and O–H groups in total. The van der Waals surface area contributed by atoms with Crippen LogP contribution < -0.4 is 24.9 Å². The first-order chi connectivity index (χ1) is 20.2. The standard InChI is InChI=1S/C33H31N3O5S/c1-5-40-32(39)29-22(4)34-33-36(30(29)24-14-10-20(2)11-15-24)31(38)27(42-33)18-23-12-16-25(17-13-23)41-19-28(37)35-26-9-7-6-8-21(26)3/h6-18,30H,5,19H2,1-4H3,(H,35,37)/b27-18+/t30-/m0/s1. The van der Waals surface area contributed by atoms with Crippen LogP contribution in [0.25, 0.3) is 6.08 Å². The Morgan fingerprint density at radius 1 is 1.00 bits per heavy atom. The number of benzene rings is 3. The van der Waals surface area contributed by atoms with Crippen LogP contribution in [0.4, 0.5) is 5.69 Å². The predicted octanol–water partition coefficient (Wildman–Crippen LogP) is 4.43. The van der Waals surface area contributed by atoms with E-state index >= 15 is 0 Å². The van der Waals surface area contributed by atoms with Crippen LogP contribution in [0, 0.1) is 13.8 Å². The van der Waals surface area contributed by atoms with Crippen molar-refractivity contribution in [1.82, 2.24) is 4.57 Å². The number of hydrogen-bond donors (Lipinski definition) is 1. The average molecular weight is 582 g/mol. The van der Waals surface area contributed by atoms with Crippen molar-refractivity contribution in [3.63, 3.8) is 0 Å². The molecule has 8 nitrogen and oxygen atoms in total. The Morgan fingerprint density at radius 2 is 1.71 bits per heavy atom. The SMILES string of the molecule is CCOC(=O)C1=C(C)N=c2s/c(=C/c3ccc(OCC(=O)Nc4ccccc4C)cc3)c(=O)n2[C@H]1c1ccc(C)cc1. The summed E-state index contributed by atoms with van der Waals surface area (Å²) in [5.74, 6) is -0.209. The maximum absolute atomic E-state index is 13.8. The fourth-order valence-electron chi connectivity index (χ4n) is 4.72. The minimum Gasteiger partial charge on any atom is -0.484 e. The van der Waals surface area contributed by atoms with Crippen LogP contribution in [0.1, 0.15) is 42.1 Å². The van der Waals surface area contributed by atoms with Gasteiger partial charge in [0.05, 0.1) is 28.5 Å². The smallest absolute Gasteiger partial charge is 0.338 e. The highest BCUT2D eigenvalue weighted by atomic mass is 32.1. The molecule has 4 aromatic rings. The van der Waals surface area contributed by atoms with Crippen LogP contribution in [-0.2, 0) is 14.3 Å². The molecule has 0 saturated carbocycles. The molecule has 3 aromatic carbocycles. The van der Waals surface area contributed by atoms with Gasteiger partial charge >= 0.3 is 5.97 Å². The van der Waals surface area contributed by atoms with E-state index in [9.17, 15) is 14.4 Å². The summed E-state index contributed by atoms with van der Waals surface area (Å²) < 4.78 is 13.1. The van der Waals surface area contributed by atoms with E-state index in [2.05, 4.69) is 10.3 Å². The fraction of sp³-hybridized carbons (Fsp3) is 0.212. The van der Waals surface area contributed by atoms with E-state index < -0.39 is 12.0 Å². The monoisotopic (exact) mass is 581 g/mol. The molecule has 0 saturated heterocycles. The number of thiazole rings is 1. The van der Waals surface area contributed by atoms with Gasteiger partial charge in [0, 0.05) is 5.69 Å². The van der Waals surface area contributed by atoms with Gasteiger partial charge in [0.2, 0.25) is 0 Å². The number of rotatable bonds is 8. The van der Waals surface area contributed by atoms with Crippen LogP contribution in [-0.4, -0.2) is 29.7 Å². The number of anilines is 1. The third-order valence-corrected chi connectivity index (χ3v) is 7.86. The highest BCUT2D eigenvalue weighted by Crippen LogP contribution is 2.30. The van der Waals surface area contributed by atoms with Gasteiger partial charge in [-0.2, -0.15) is 0 Å². The number of esters is 1. The summed E-state index contributed by atoms with van der Waals surface area (Å²) in [6.45, 7) is 7.52. The summed E-state index contributed by atoms with van der Waals surface area (Å²) in [5.41, 5.74) is 5.02. The molecule has 0 radical (unpaired) electrons. The third-order valence-electron chi connectivity index (χ3n) is 6.88. The molecule has 2 heterocycles. The number of aryl methyl sites for hydroxylation is 2. The Balaban J connectivity index is 1.40. The van der Waals surface area contributed by atoms with Crippen molar-refractivity contribution in [3.05, 3.63) is 126 Å². The van der Waals surface area contributed by atoms with Gasteiger partial charge in [0.15, 0.2) is 11.4 Å². The fourth-order valence-corrected chi connectivity index (χ4v) is 5.76. The molecule has 5 rings (SSSR count). The number of carbonyl (C=O) groups is 2. The molecule has 1 aromatic heterocycles. The number of carbonyl (C=O) groups excluding carboxylic acids is 2. The molecular weight excluding hydrogens is 550 g/mol. The zero-order chi connectivity index (χ0) is 29.8. The van der Waals surface area contributed by atoms with Crippen molar-refractivity contribution in [2.45, 2.75) is 33.7 Å². The number of hydrogen-bond acceptors (Lipinski definition) is 7. The minimum atomic E-state index is -0.648. The number of allylic oxidation sites excluding steroid dienone is 1. The number of amides is 1. The van der Waals surface area contributed by atoms with E-state index in [0.29, 0.717) is 26.4 Å². The summed E-state index contributed by atoms with van der Waals surface area (Å²) >= 11 is 1.27. The Hall–Kier alpha value is -4.76. The molecule has 1 aliphatic heterocycles. The molecule has 0 aliphatic carbocycles. The zero-order valence-corrected chi connectivity index (χ0v) is 24.7. The highest BCUT2D eigenvalue weighted by molar-refractivity contribution is 7.07. The molecule has 214 valence electrons. The molecule has 9 heteroatoms. The predicted molar refractivity (Wildman–Crippen MR) is 163 cm³/mol. The van der Waals surface area contributed by atoms with Crippen LogP contribution in [0.3, 0.4) is 0 Å². The van der Waals surface area contributed by atoms with Crippen molar-refractivity contribution >= 4 is 35.0 Å². The Bertz CT molecular complexity index is 1850. The summed E-state index contributed by atoms with van der Waals surface area (Å²) in [5, 5.41) is 2.85. The maximum atomic E-state index is 13.8. The van der Waals surface area contributed by atoms with Crippen molar-refractivity contribution in [2.75, 3.05) is 18.5 Å². The minimum absolute atomic E-state index is 0.132. The lowest BCUT2D eigenvalue weighted by Crippen LogP contribution is -2.39. The number of ether oxygens (including phenoxy) is 2. The number of para-hydroxylation sites is 1. The molecule has 0 fully saturated rings. The van der Waals surface area contributed by atoms with Crippen molar-refractivity contribution < 1.29 is 19.1 Å². The van der Waals surface area contributed by atoms with Crippen LogP contribution in [0.15, 0.2) is 93.9 Å². The van der Waals surface area contributed by atoms with E-state index in [0.717, 1.165) is 27.9 Å². The van der Waals surface area contributed by atoms with Gasteiger partial charge in [-0.05, 0) is 68.7 Å². The second-order valence-corrected chi connectivity index (χ2v) is 10.9. The van der Waals surface area contributed by atoms with Crippen LogP contribution in [0.5, 0.6) is 5.75 Å². The normalized spacial score (nSPS) is 14.7. The number of nitrogens with zero attached hydrogens (tertiary/aromatic N) is 2. The first-order valence-electron chi connectivity index (χ1n) is 13.6. The van der Waals surface area contributed by atoms with Gasteiger partial charge in [-0.3, -0.25) is 14.2 Å². The Morgan fingerprint density at radius 3 is 2.40 bits per heavy atom. The largest absolute Gasteiger partial charge is 0.484 e. The Kier molecular flexibility index (Phi) is 8.49. The first-order valence-corrected chi connectivity index (χ1v) is 14.4. The van der Waals surface area contributed by atoms with Gasteiger partial charge in [-0.1, -0.05) is 71.5 Å². The lowest BCUT2D eigenvalue weighted by atomic mass is 9.95. The Labute approximate surface area is 247 Å². The molecular formula is C33H31N3O5S. The van der Waals surface area contributed by atoms with Gasteiger partial charge < -0.3 is 14.8 Å². The molecule has 42 heavy (non-hydrogen) atoms. The van der Waals surface area contributed by atoms with E-state index in [1.807, 2.05) is 74.5 Å². The van der Waals surface area contributed by atoms with Gasteiger partial charge in [0.1, 0.15) is 5.75 Å². The molecule has 0 bridgehead atoms. The quantitative estimate of drug-likeness (QED) is 0.311. The lowest BCUT2D eigenvalue weighted by molar-refractivity contribution is -0.139. The van der Waals surface area contributed by atoms with Crippen molar-refractivity contribution in [2.24, 2.45) is 4.99 Å². The molecule has 0 spiro atoms. The number of fused-ring (bicyclic) bond motifs is 1. The van der Waals surface area contributed by atoms with E-state index in [1.165, 1.54) is 11.3 Å². The molecule has 1 atom stereocenters. The van der Waals surface area contributed by atoms with Gasteiger partial charge in [-0.25, -0.2) is 9.79 Å². The van der Waals surface area contributed by atoms with E-state index in [-0.39, 0.29) is 24.7 Å². The topological polar surface area (TPSA) is 99.0 Å². The molecule has 1 aliphatic rings. The maximum Gasteiger partial charge on any atom is 0.338 e. The van der Waals surface area contributed by atoms with Gasteiger partial charge in [0.25, 0.3) is 11.5 Å². The summed E-state index contributed by atoms with van der Waals surface area (Å²) in [7, 11) is 0. The van der Waals surface area contributed by atoms with E-state index in [1.54, 1.807) is 36.6 Å². The summed E-state index contributed by atoms with van der Waals surface area (Å²) in [6, 6.07) is 21.8. The van der Waals surface area contributed by atoms with Crippen LogP contribution >= 0.6 is 11.3 Å². The zero-order valence-electron chi connectivity index (χ0n) is 23.8. The average Bonchev–Trinajstić information content (AvgIpc) is 3.27. The third kappa shape index (κ3) is 6.11. The summed E-state index contributed by atoms with van der Waals surface area (Å²) in [6.07, 6.45) is 1.79. The van der Waals surface area contributed by atoms with Crippen molar-refractivity contribution in [3.8, 4) is 5.75 Å². The number of nitrogens with one attached hydrogen (secondary N) is 1. The lowest BCUT2D eigenvalue weighted by Gasteiger charge is -2.24. The second-order valence-electron chi connectivity index (χ2n) is 9.93. The highest BCUT2D eigenvalue weighted by Gasteiger charge is 2.33. The second kappa shape index (κ2) is 12.4. The molecule has 0 unspecified atom stereocenters.